The first-order valence-electron chi connectivity index (χ1n) is 6.13. The molecule has 1 aromatic carbocycles. The first kappa shape index (κ1) is 13.6. The van der Waals surface area contributed by atoms with E-state index in [1.165, 1.54) is 25.5 Å². The average molecular weight is 408 g/mol. The van der Waals surface area contributed by atoms with Crippen molar-refractivity contribution in [2.45, 2.75) is 25.3 Å². The Morgan fingerprint density at radius 2 is 2.21 bits per heavy atom. The Balaban J connectivity index is 1.90. The van der Waals surface area contributed by atoms with Crippen molar-refractivity contribution in [3.63, 3.8) is 0 Å². The zero-order chi connectivity index (χ0) is 13.4. The zero-order valence-electron chi connectivity index (χ0n) is 10.1. The molecule has 1 heterocycles. The van der Waals surface area contributed by atoms with Crippen LogP contribution >= 0.6 is 45.5 Å². The lowest BCUT2D eigenvalue weighted by Gasteiger charge is -2.25. The third kappa shape index (κ3) is 2.90. The van der Waals surface area contributed by atoms with Crippen molar-refractivity contribution in [1.29, 1.82) is 0 Å². The maximum Gasteiger partial charge on any atom is 0.125 e. The summed E-state index contributed by atoms with van der Waals surface area (Å²) in [7, 11) is 0. The minimum atomic E-state index is -0.261. The lowest BCUT2D eigenvalue weighted by molar-refractivity contribution is 0.605. The lowest BCUT2D eigenvalue weighted by Crippen LogP contribution is -2.15. The van der Waals surface area contributed by atoms with Gasteiger partial charge < -0.3 is 5.32 Å². The molecule has 100 valence electrons. The monoisotopic (exact) mass is 407 g/mol. The second kappa shape index (κ2) is 5.58. The normalized spacial score (nSPS) is 18.2. The molecule has 0 saturated heterocycles. The largest absolute Gasteiger partial charge is 0.377 e. The number of thiophene rings is 1. The molecule has 1 nitrogen and oxygen atoms in total. The molecule has 5 heteroatoms. The number of anilines is 1. The molecular weight excluding hydrogens is 396 g/mol. The maximum atomic E-state index is 13.3. The van der Waals surface area contributed by atoms with E-state index in [1.54, 1.807) is 6.07 Å². The van der Waals surface area contributed by atoms with E-state index >= 15 is 0 Å². The van der Waals surface area contributed by atoms with E-state index in [2.05, 4.69) is 34.0 Å². The van der Waals surface area contributed by atoms with Crippen molar-refractivity contribution < 1.29 is 4.39 Å². The summed E-state index contributed by atoms with van der Waals surface area (Å²) in [5, 5.41) is 3.96. The molecule has 1 aromatic heterocycles. The molecule has 0 saturated carbocycles. The molecule has 0 aliphatic heterocycles. The average Bonchev–Trinajstić information content (AvgIpc) is 2.75. The summed E-state index contributed by atoms with van der Waals surface area (Å²) < 4.78 is 14.6. The molecule has 1 atom stereocenters. The molecule has 1 N–H and O–H groups in total. The Morgan fingerprint density at radius 1 is 1.37 bits per heavy atom. The Kier molecular flexibility index (Phi) is 4.01. The van der Waals surface area contributed by atoms with Gasteiger partial charge >= 0.3 is 0 Å². The summed E-state index contributed by atoms with van der Waals surface area (Å²) in [6.07, 6.45) is 3.37. The van der Waals surface area contributed by atoms with Crippen molar-refractivity contribution in [3.8, 4) is 0 Å². The van der Waals surface area contributed by atoms with Gasteiger partial charge in [-0.3, -0.25) is 0 Å². The van der Waals surface area contributed by atoms with Gasteiger partial charge in [0.15, 0.2) is 0 Å². The van der Waals surface area contributed by atoms with Gasteiger partial charge in [0.1, 0.15) is 5.82 Å². The van der Waals surface area contributed by atoms with E-state index in [-0.39, 0.29) is 11.9 Å². The smallest absolute Gasteiger partial charge is 0.125 e. The third-order valence-electron chi connectivity index (χ3n) is 3.34. The predicted octanol–water partition coefficient (Wildman–Crippen LogP) is 5.63. The van der Waals surface area contributed by atoms with Crippen molar-refractivity contribution in [2.24, 2.45) is 0 Å². The van der Waals surface area contributed by atoms with Crippen LogP contribution in [0.4, 0.5) is 10.1 Å². The third-order valence-corrected chi connectivity index (χ3v) is 5.64. The van der Waals surface area contributed by atoms with Crippen molar-refractivity contribution in [1.82, 2.24) is 0 Å². The molecule has 1 aliphatic rings. The van der Waals surface area contributed by atoms with Crippen LogP contribution in [0.3, 0.4) is 0 Å². The number of nitrogens with one attached hydrogen (secondary N) is 1. The minimum absolute atomic E-state index is 0.239. The van der Waals surface area contributed by atoms with Gasteiger partial charge in [0.2, 0.25) is 0 Å². The number of rotatable bonds is 2. The molecule has 0 bridgehead atoms. The molecule has 0 spiro atoms. The van der Waals surface area contributed by atoms with Crippen LogP contribution in [0.15, 0.2) is 24.3 Å². The van der Waals surface area contributed by atoms with Crippen LogP contribution in [0.2, 0.25) is 5.02 Å². The van der Waals surface area contributed by atoms with Crippen LogP contribution in [-0.2, 0) is 6.42 Å². The first-order chi connectivity index (χ1) is 9.13. The summed E-state index contributed by atoms with van der Waals surface area (Å²) >= 11 is 10.3. The lowest BCUT2D eigenvalue weighted by atomic mass is 9.94. The minimum Gasteiger partial charge on any atom is -0.377 e. The van der Waals surface area contributed by atoms with Crippen LogP contribution in [-0.4, -0.2) is 0 Å². The van der Waals surface area contributed by atoms with E-state index in [4.69, 9.17) is 11.6 Å². The highest BCUT2D eigenvalue weighted by Crippen LogP contribution is 2.39. The number of benzene rings is 1. The number of aryl methyl sites for hydroxylation is 1. The van der Waals surface area contributed by atoms with E-state index in [0.29, 0.717) is 10.7 Å². The molecule has 2 aromatic rings. The Hall–Kier alpha value is -0.330. The van der Waals surface area contributed by atoms with Gasteiger partial charge in [-0.25, -0.2) is 4.39 Å². The summed E-state index contributed by atoms with van der Waals surface area (Å²) in [6.45, 7) is 0. The number of hydrogen-bond acceptors (Lipinski definition) is 2. The highest BCUT2D eigenvalue weighted by atomic mass is 127. The van der Waals surface area contributed by atoms with Crippen molar-refractivity contribution in [3.05, 3.63) is 48.4 Å². The Morgan fingerprint density at radius 3 is 3.05 bits per heavy atom. The SMILES string of the molecule is Fc1ccc(Cl)c(NC2CCCc3sc(I)cc32)c1. The molecule has 1 unspecified atom stereocenters. The molecule has 1 aliphatic carbocycles. The van der Waals surface area contributed by atoms with Crippen LogP contribution < -0.4 is 5.32 Å². The molecule has 19 heavy (non-hydrogen) atoms. The number of fused-ring (bicyclic) bond motifs is 1. The standard InChI is InChI=1S/C14H12ClFINS/c15-10-5-4-8(16)6-12(10)18-11-2-1-3-13-9(11)7-14(17)19-13/h4-7,11,18H,1-3H2. The molecule has 0 fully saturated rings. The fourth-order valence-electron chi connectivity index (χ4n) is 2.47. The van der Waals surface area contributed by atoms with Gasteiger partial charge in [-0.1, -0.05) is 11.6 Å². The second-order valence-corrected chi connectivity index (χ2v) is 8.08. The molecule has 0 radical (unpaired) electrons. The Labute approximate surface area is 134 Å². The van der Waals surface area contributed by atoms with E-state index in [9.17, 15) is 4.39 Å². The highest BCUT2D eigenvalue weighted by molar-refractivity contribution is 14.1. The maximum absolute atomic E-state index is 13.3. The van der Waals surface area contributed by atoms with Gasteiger partial charge in [0, 0.05) is 4.88 Å². The molecule has 3 rings (SSSR count). The summed E-state index contributed by atoms with van der Waals surface area (Å²) in [4.78, 5) is 1.45. The molecular formula is C14H12ClFINS. The Bertz CT molecular complexity index is 613. The quantitative estimate of drug-likeness (QED) is 0.636. The predicted molar refractivity (Wildman–Crippen MR) is 87.7 cm³/mol. The van der Waals surface area contributed by atoms with Crippen LogP contribution in [0.1, 0.15) is 29.3 Å². The molecule has 0 amide bonds. The number of halogens is 3. The highest BCUT2D eigenvalue weighted by Gasteiger charge is 2.23. The van der Waals surface area contributed by atoms with E-state index < -0.39 is 0 Å². The fourth-order valence-corrected chi connectivity index (χ4v) is 4.76. The van der Waals surface area contributed by atoms with Crippen molar-refractivity contribution >= 4 is 51.2 Å². The van der Waals surface area contributed by atoms with Gasteiger partial charge in [0.25, 0.3) is 0 Å². The number of hydrogen-bond donors (Lipinski definition) is 1. The first-order valence-corrected chi connectivity index (χ1v) is 8.40. The van der Waals surface area contributed by atoms with Gasteiger partial charge in [-0.05, 0) is 71.7 Å². The van der Waals surface area contributed by atoms with Crippen LogP contribution in [0.5, 0.6) is 0 Å². The zero-order valence-corrected chi connectivity index (χ0v) is 13.8. The van der Waals surface area contributed by atoms with Gasteiger partial charge in [-0.15, -0.1) is 11.3 Å². The van der Waals surface area contributed by atoms with Crippen LogP contribution in [0.25, 0.3) is 0 Å². The second-order valence-electron chi connectivity index (χ2n) is 4.64. The summed E-state index contributed by atoms with van der Waals surface area (Å²) in [5.74, 6) is -0.261. The summed E-state index contributed by atoms with van der Waals surface area (Å²) in [5.41, 5.74) is 2.03. The topological polar surface area (TPSA) is 12.0 Å². The van der Waals surface area contributed by atoms with Crippen molar-refractivity contribution in [2.75, 3.05) is 5.32 Å². The van der Waals surface area contributed by atoms with E-state index in [1.807, 2.05) is 11.3 Å². The summed E-state index contributed by atoms with van der Waals surface area (Å²) in [6, 6.07) is 6.91. The van der Waals surface area contributed by atoms with Gasteiger partial charge in [-0.2, -0.15) is 0 Å². The van der Waals surface area contributed by atoms with E-state index in [0.717, 1.165) is 19.3 Å². The van der Waals surface area contributed by atoms with Crippen LogP contribution in [0, 0.1) is 8.70 Å². The fraction of sp³-hybridized carbons (Fsp3) is 0.286. The van der Waals surface area contributed by atoms with Gasteiger partial charge in [0.05, 0.1) is 19.6 Å².